The summed E-state index contributed by atoms with van der Waals surface area (Å²) in [5, 5.41) is 0. The molecule has 0 spiro atoms. The SMILES string of the molecule is CC(N)Cc1cccc(F)c1N(C)Cc1cccc(F)c1. The first-order valence-electron chi connectivity index (χ1n) is 6.96. The molecule has 0 radical (unpaired) electrons. The smallest absolute Gasteiger partial charge is 0.146 e. The molecule has 0 heterocycles. The monoisotopic (exact) mass is 290 g/mol. The largest absolute Gasteiger partial charge is 0.368 e. The van der Waals surface area contributed by atoms with Gasteiger partial charge in [-0.25, -0.2) is 8.78 Å². The number of anilines is 1. The molecular formula is C17H20F2N2. The van der Waals surface area contributed by atoms with E-state index < -0.39 is 0 Å². The Morgan fingerprint density at radius 2 is 1.86 bits per heavy atom. The normalized spacial score (nSPS) is 12.2. The number of para-hydroxylation sites is 1. The van der Waals surface area contributed by atoms with Crippen molar-refractivity contribution in [1.82, 2.24) is 0 Å². The molecular weight excluding hydrogens is 270 g/mol. The van der Waals surface area contributed by atoms with Gasteiger partial charge in [0.1, 0.15) is 11.6 Å². The predicted molar refractivity (Wildman–Crippen MR) is 82.3 cm³/mol. The van der Waals surface area contributed by atoms with Gasteiger partial charge >= 0.3 is 0 Å². The molecule has 0 saturated heterocycles. The second-order valence-electron chi connectivity index (χ2n) is 5.41. The third-order valence-electron chi connectivity index (χ3n) is 3.30. The van der Waals surface area contributed by atoms with Crippen molar-refractivity contribution in [1.29, 1.82) is 0 Å². The zero-order valence-corrected chi connectivity index (χ0v) is 12.3. The fraction of sp³-hybridized carbons (Fsp3) is 0.294. The molecule has 2 N–H and O–H groups in total. The van der Waals surface area contributed by atoms with Gasteiger partial charge in [-0.2, -0.15) is 0 Å². The third-order valence-corrected chi connectivity index (χ3v) is 3.30. The van der Waals surface area contributed by atoms with Crippen LogP contribution in [0, 0.1) is 11.6 Å². The average Bonchev–Trinajstić information content (AvgIpc) is 2.37. The Bertz CT molecular complexity index is 611. The topological polar surface area (TPSA) is 29.3 Å². The molecule has 0 saturated carbocycles. The minimum Gasteiger partial charge on any atom is -0.368 e. The van der Waals surface area contributed by atoms with Gasteiger partial charge < -0.3 is 10.6 Å². The van der Waals surface area contributed by atoms with Crippen molar-refractivity contribution < 1.29 is 8.78 Å². The van der Waals surface area contributed by atoms with Gasteiger partial charge in [-0.3, -0.25) is 0 Å². The lowest BCUT2D eigenvalue weighted by molar-refractivity contribution is 0.614. The van der Waals surface area contributed by atoms with Crippen molar-refractivity contribution in [2.45, 2.75) is 25.9 Å². The van der Waals surface area contributed by atoms with Crippen LogP contribution in [0.5, 0.6) is 0 Å². The highest BCUT2D eigenvalue weighted by Gasteiger charge is 2.14. The number of hydrogen-bond donors (Lipinski definition) is 1. The first-order valence-corrected chi connectivity index (χ1v) is 6.96. The van der Waals surface area contributed by atoms with Crippen molar-refractivity contribution in [3.05, 3.63) is 65.2 Å². The Hall–Kier alpha value is -1.94. The first-order chi connectivity index (χ1) is 9.97. The molecule has 112 valence electrons. The van der Waals surface area contributed by atoms with E-state index in [9.17, 15) is 8.78 Å². The highest BCUT2D eigenvalue weighted by molar-refractivity contribution is 5.55. The van der Waals surface area contributed by atoms with E-state index in [-0.39, 0.29) is 17.7 Å². The Morgan fingerprint density at radius 3 is 2.52 bits per heavy atom. The highest BCUT2D eigenvalue weighted by atomic mass is 19.1. The number of rotatable bonds is 5. The number of halogens is 2. The van der Waals surface area contributed by atoms with E-state index in [1.807, 2.05) is 19.1 Å². The fourth-order valence-corrected chi connectivity index (χ4v) is 2.49. The van der Waals surface area contributed by atoms with Crippen LogP contribution in [-0.4, -0.2) is 13.1 Å². The van der Waals surface area contributed by atoms with E-state index in [2.05, 4.69) is 0 Å². The van der Waals surface area contributed by atoms with Crippen molar-refractivity contribution in [3.8, 4) is 0 Å². The van der Waals surface area contributed by atoms with Gasteiger partial charge in [-0.15, -0.1) is 0 Å². The van der Waals surface area contributed by atoms with E-state index in [1.54, 1.807) is 24.1 Å². The number of nitrogens with zero attached hydrogens (tertiary/aromatic N) is 1. The molecule has 1 atom stereocenters. The summed E-state index contributed by atoms with van der Waals surface area (Å²) in [5.41, 5.74) is 8.02. The van der Waals surface area contributed by atoms with Crippen LogP contribution in [0.1, 0.15) is 18.1 Å². The van der Waals surface area contributed by atoms with Gasteiger partial charge in [0, 0.05) is 19.6 Å². The molecule has 2 nitrogen and oxygen atoms in total. The van der Waals surface area contributed by atoms with Crippen LogP contribution in [0.4, 0.5) is 14.5 Å². The fourth-order valence-electron chi connectivity index (χ4n) is 2.49. The summed E-state index contributed by atoms with van der Waals surface area (Å²) < 4.78 is 27.4. The lowest BCUT2D eigenvalue weighted by Gasteiger charge is -2.24. The van der Waals surface area contributed by atoms with Crippen molar-refractivity contribution >= 4 is 5.69 Å². The zero-order chi connectivity index (χ0) is 15.4. The summed E-state index contributed by atoms with van der Waals surface area (Å²) in [4.78, 5) is 1.79. The van der Waals surface area contributed by atoms with Gasteiger partial charge in [0.05, 0.1) is 5.69 Å². The lowest BCUT2D eigenvalue weighted by Crippen LogP contribution is -2.23. The quantitative estimate of drug-likeness (QED) is 0.913. The third kappa shape index (κ3) is 4.02. The molecule has 0 aliphatic carbocycles. The average molecular weight is 290 g/mol. The van der Waals surface area contributed by atoms with Crippen LogP contribution >= 0.6 is 0 Å². The molecule has 4 heteroatoms. The summed E-state index contributed by atoms with van der Waals surface area (Å²) in [7, 11) is 1.80. The second kappa shape index (κ2) is 6.68. The summed E-state index contributed by atoms with van der Waals surface area (Å²) in [6.07, 6.45) is 0.598. The first kappa shape index (κ1) is 15.4. The van der Waals surface area contributed by atoms with Crippen molar-refractivity contribution in [3.63, 3.8) is 0 Å². The maximum Gasteiger partial charge on any atom is 0.146 e. The van der Waals surface area contributed by atoms with E-state index in [1.165, 1.54) is 18.2 Å². The zero-order valence-electron chi connectivity index (χ0n) is 12.3. The number of nitrogens with two attached hydrogens (primary N) is 1. The van der Waals surface area contributed by atoms with Crippen molar-refractivity contribution in [2.24, 2.45) is 5.73 Å². The minimum absolute atomic E-state index is 0.0480. The van der Waals surface area contributed by atoms with Crippen LogP contribution in [0.2, 0.25) is 0 Å². The standard InChI is InChI=1S/C17H20F2N2/c1-12(20)9-14-6-4-8-16(19)17(14)21(2)11-13-5-3-7-15(18)10-13/h3-8,10,12H,9,11,20H2,1-2H3. The van der Waals surface area contributed by atoms with Gasteiger partial charge in [-0.1, -0.05) is 24.3 Å². The second-order valence-corrected chi connectivity index (χ2v) is 5.41. The lowest BCUT2D eigenvalue weighted by atomic mass is 10.0. The molecule has 0 aliphatic heterocycles. The van der Waals surface area contributed by atoms with Gasteiger partial charge in [0.25, 0.3) is 0 Å². The maximum absolute atomic E-state index is 14.2. The summed E-state index contributed by atoms with van der Waals surface area (Å²) in [6, 6.07) is 11.3. The summed E-state index contributed by atoms with van der Waals surface area (Å²) >= 11 is 0. The summed E-state index contributed by atoms with van der Waals surface area (Å²) in [5.74, 6) is -0.572. The van der Waals surface area contributed by atoms with E-state index >= 15 is 0 Å². The molecule has 2 aromatic rings. The van der Waals surface area contributed by atoms with Gasteiger partial charge in [-0.05, 0) is 42.7 Å². The molecule has 0 aromatic heterocycles. The van der Waals surface area contributed by atoms with Crippen LogP contribution in [0.25, 0.3) is 0 Å². The van der Waals surface area contributed by atoms with Crippen LogP contribution < -0.4 is 10.6 Å². The summed E-state index contributed by atoms with van der Waals surface area (Å²) in [6.45, 7) is 2.33. The number of hydrogen-bond acceptors (Lipinski definition) is 2. The van der Waals surface area contributed by atoms with Gasteiger partial charge in [0.2, 0.25) is 0 Å². The molecule has 0 amide bonds. The van der Waals surface area contributed by atoms with E-state index in [4.69, 9.17) is 5.73 Å². The van der Waals surface area contributed by atoms with E-state index in [0.29, 0.717) is 18.7 Å². The number of benzene rings is 2. The van der Waals surface area contributed by atoms with Gasteiger partial charge in [0.15, 0.2) is 0 Å². The molecule has 21 heavy (non-hydrogen) atoms. The Morgan fingerprint density at radius 1 is 1.14 bits per heavy atom. The Labute approximate surface area is 124 Å². The maximum atomic E-state index is 14.2. The molecule has 2 aromatic carbocycles. The van der Waals surface area contributed by atoms with Crippen LogP contribution in [0.3, 0.4) is 0 Å². The molecule has 0 aliphatic rings. The molecule has 0 fully saturated rings. The molecule has 0 bridgehead atoms. The van der Waals surface area contributed by atoms with Crippen LogP contribution in [0.15, 0.2) is 42.5 Å². The highest BCUT2D eigenvalue weighted by Crippen LogP contribution is 2.26. The van der Waals surface area contributed by atoms with E-state index in [0.717, 1.165) is 11.1 Å². The van der Waals surface area contributed by atoms with Crippen molar-refractivity contribution in [2.75, 3.05) is 11.9 Å². The predicted octanol–water partition coefficient (Wildman–Crippen LogP) is 3.49. The molecule has 2 rings (SSSR count). The Kier molecular flexibility index (Phi) is 4.91. The minimum atomic E-state index is -0.287. The Balaban J connectivity index is 2.27. The van der Waals surface area contributed by atoms with Crippen LogP contribution in [-0.2, 0) is 13.0 Å². The molecule has 1 unspecified atom stereocenters.